The number of rotatable bonds is 3. The molecule has 106 valence electrons. The molecular formula is C14H11BrN4O2. The Morgan fingerprint density at radius 2 is 1.90 bits per heavy atom. The third-order valence-corrected chi connectivity index (χ3v) is 2.87. The van der Waals surface area contributed by atoms with E-state index < -0.39 is 11.8 Å². The molecule has 2 aromatic rings. The van der Waals surface area contributed by atoms with Crippen molar-refractivity contribution in [2.75, 3.05) is 5.32 Å². The molecule has 0 aliphatic rings. The van der Waals surface area contributed by atoms with E-state index in [1.54, 1.807) is 42.7 Å². The van der Waals surface area contributed by atoms with Crippen LogP contribution in [-0.4, -0.2) is 23.0 Å². The van der Waals surface area contributed by atoms with Gasteiger partial charge in [-0.05, 0) is 35.9 Å². The van der Waals surface area contributed by atoms with E-state index in [2.05, 4.69) is 36.8 Å². The summed E-state index contributed by atoms with van der Waals surface area (Å²) in [4.78, 5) is 27.1. The van der Waals surface area contributed by atoms with Crippen LogP contribution in [0.3, 0.4) is 0 Å². The van der Waals surface area contributed by atoms with Crippen LogP contribution < -0.4 is 10.7 Å². The van der Waals surface area contributed by atoms with Gasteiger partial charge >= 0.3 is 11.8 Å². The summed E-state index contributed by atoms with van der Waals surface area (Å²) in [5, 5.41) is 6.17. The summed E-state index contributed by atoms with van der Waals surface area (Å²) >= 11 is 3.28. The highest BCUT2D eigenvalue weighted by Gasteiger charge is 2.12. The van der Waals surface area contributed by atoms with E-state index in [1.807, 2.05) is 6.07 Å². The second-order valence-electron chi connectivity index (χ2n) is 3.94. The van der Waals surface area contributed by atoms with E-state index in [-0.39, 0.29) is 0 Å². The SMILES string of the molecule is O=C(N/N=C\c1ccncc1)C(=O)Nc1cccc(Br)c1. The molecule has 0 aliphatic heterocycles. The van der Waals surface area contributed by atoms with Gasteiger partial charge in [0.05, 0.1) is 6.21 Å². The lowest BCUT2D eigenvalue weighted by Crippen LogP contribution is -2.32. The molecule has 1 aromatic heterocycles. The number of benzene rings is 1. The Balaban J connectivity index is 1.88. The monoisotopic (exact) mass is 346 g/mol. The van der Waals surface area contributed by atoms with Gasteiger partial charge in [0.15, 0.2) is 0 Å². The fourth-order valence-corrected chi connectivity index (χ4v) is 1.82. The molecule has 1 aromatic carbocycles. The van der Waals surface area contributed by atoms with Crippen LogP contribution in [0.25, 0.3) is 0 Å². The molecule has 0 spiro atoms. The van der Waals surface area contributed by atoms with Crippen molar-refractivity contribution in [3.63, 3.8) is 0 Å². The lowest BCUT2D eigenvalue weighted by atomic mass is 10.3. The van der Waals surface area contributed by atoms with Crippen LogP contribution in [-0.2, 0) is 9.59 Å². The molecule has 0 atom stereocenters. The lowest BCUT2D eigenvalue weighted by molar-refractivity contribution is -0.136. The first-order chi connectivity index (χ1) is 10.1. The Labute approximate surface area is 129 Å². The predicted molar refractivity (Wildman–Crippen MR) is 82.7 cm³/mol. The smallest absolute Gasteiger partial charge is 0.318 e. The first kappa shape index (κ1) is 14.9. The van der Waals surface area contributed by atoms with Gasteiger partial charge in [-0.15, -0.1) is 0 Å². The molecule has 21 heavy (non-hydrogen) atoms. The zero-order valence-corrected chi connectivity index (χ0v) is 12.4. The van der Waals surface area contributed by atoms with Crippen LogP contribution in [0.4, 0.5) is 5.69 Å². The van der Waals surface area contributed by atoms with Crippen molar-refractivity contribution in [3.05, 3.63) is 58.8 Å². The van der Waals surface area contributed by atoms with Crippen molar-refractivity contribution < 1.29 is 9.59 Å². The number of carbonyl (C=O) groups excluding carboxylic acids is 2. The maximum absolute atomic E-state index is 11.6. The van der Waals surface area contributed by atoms with E-state index in [1.165, 1.54) is 6.21 Å². The summed E-state index contributed by atoms with van der Waals surface area (Å²) in [5.41, 5.74) is 3.43. The number of nitrogens with one attached hydrogen (secondary N) is 2. The highest BCUT2D eigenvalue weighted by Crippen LogP contribution is 2.15. The minimum absolute atomic E-state index is 0.516. The molecule has 0 saturated heterocycles. The number of hydrogen-bond acceptors (Lipinski definition) is 4. The first-order valence-corrected chi connectivity index (χ1v) is 6.74. The Kier molecular flexibility index (Phi) is 5.16. The summed E-state index contributed by atoms with van der Waals surface area (Å²) < 4.78 is 0.802. The Bertz CT molecular complexity index is 674. The summed E-state index contributed by atoms with van der Waals surface area (Å²) in [6.45, 7) is 0. The molecule has 0 bridgehead atoms. The molecule has 0 radical (unpaired) electrons. The zero-order chi connectivity index (χ0) is 15.1. The van der Waals surface area contributed by atoms with Gasteiger partial charge < -0.3 is 5.32 Å². The van der Waals surface area contributed by atoms with Crippen LogP contribution in [0.5, 0.6) is 0 Å². The van der Waals surface area contributed by atoms with Gasteiger partial charge in [-0.25, -0.2) is 5.43 Å². The van der Waals surface area contributed by atoms with Crippen molar-refractivity contribution >= 4 is 39.6 Å². The number of amides is 2. The quantitative estimate of drug-likeness (QED) is 0.506. The van der Waals surface area contributed by atoms with Gasteiger partial charge in [-0.3, -0.25) is 14.6 Å². The topological polar surface area (TPSA) is 83.5 Å². The van der Waals surface area contributed by atoms with Gasteiger partial charge in [0.25, 0.3) is 0 Å². The molecule has 7 heteroatoms. The molecule has 0 saturated carbocycles. The number of halogens is 1. The zero-order valence-electron chi connectivity index (χ0n) is 10.8. The second kappa shape index (κ2) is 7.30. The third-order valence-electron chi connectivity index (χ3n) is 2.37. The number of pyridine rings is 1. The van der Waals surface area contributed by atoms with Crippen molar-refractivity contribution in [2.45, 2.75) is 0 Å². The van der Waals surface area contributed by atoms with Crippen molar-refractivity contribution in [3.8, 4) is 0 Å². The number of nitrogens with zero attached hydrogens (tertiary/aromatic N) is 2. The Hall–Kier alpha value is -2.54. The minimum Gasteiger partial charge on any atom is -0.318 e. The van der Waals surface area contributed by atoms with Crippen LogP contribution in [0.2, 0.25) is 0 Å². The van der Waals surface area contributed by atoms with Gasteiger partial charge in [-0.1, -0.05) is 22.0 Å². The van der Waals surface area contributed by atoms with Gasteiger partial charge in [0.1, 0.15) is 0 Å². The molecule has 0 fully saturated rings. The van der Waals surface area contributed by atoms with E-state index in [0.717, 1.165) is 10.0 Å². The average Bonchev–Trinajstić information content (AvgIpc) is 2.48. The number of carbonyl (C=O) groups is 2. The molecule has 0 unspecified atom stereocenters. The van der Waals surface area contributed by atoms with Gasteiger partial charge in [0, 0.05) is 22.6 Å². The second-order valence-corrected chi connectivity index (χ2v) is 4.86. The molecule has 6 nitrogen and oxygen atoms in total. The molecule has 1 heterocycles. The maximum Gasteiger partial charge on any atom is 0.329 e. The van der Waals surface area contributed by atoms with Crippen LogP contribution in [0.15, 0.2) is 58.4 Å². The molecule has 2 amide bonds. The summed E-state index contributed by atoms with van der Waals surface area (Å²) in [5.74, 6) is -1.64. The molecular weight excluding hydrogens is 336 g/mol. The Morgan fingerprint density at radius 1 is 1.14 bits per heavy atom. The summed E-state index contributed by atoms with van der Waals surface area (Å²) in [6.07, 6.45) is 4.62. The van der Waals surface area contributed by atoms with Crippen LogP contribution >= 0.6 is 15.9 Å². The van der Waals surface area contributed by atoms with Crippen molar-refractivity contribution in [1.29, 1.82) is 0 Å². The molecule has 0 aliphatic carbocycles. The Morgan fingerprint density at radius 3 is 2.62 bits per heavy atom. The number of hydrazone groups is 1. The first-order valence-electron chi connectivity index (χ1n) is 5.95. The fourth-order valence-electron chi connectivity index (χ4n) is 1.42. The minimum atomic E-state index is -0.847. The molecule has 2 N–H and O–H groups in total. The third kappa shape index (κ3) is 4.81. The number of aromatic nitrogens is 1. The van der Waals surface area contributed by atoms with E-state index in [0.29, 0.717) is 5.69 Å². The fraction of sp³-hybridized carbons (Fsp3) is 0. The molecule has 2 rings (SSSR count). The van der Waals surface area contributed by atoms with E-state index in [9.17, 15) is 9.59 Å². The summed E-state index contributed by atoms with van der Waals surface area (Å²) in [7, 11) is 0. The van der Waals surface area contributed by atoms with Crippen molar-refractivity contribution in [1.82, 2.24) is 10.4 Å². The normalized spacial score (nSPS) is 10.3. The summed E-state index contributed by atoms with van der Waals surface area (Å²) in [6, 6.07) is 10.4. The van der Waals surface area contributed by atoms with E-state index in [4.69, 9.17) is 0 Å². The maximum atomic E-state index is 11.6. The van der Waals surface area contributed by atoms with Crippen molar-refractivity contribution in [2.24, 2.45) is 5.10 Å². The predicted octanol–water partition coefficient (Wildman–Crippen LogP) is 1.93. The van der Waals surface area contributed by atoms with E-state index >= 15 is 0 Å². The average molecular weight is 347 g/mol. The number of hydrogen-bond donors (Lipinski definition) is 2. The van der Waals surface area contributed by atoms with Gasteiger partial charge in [0.2, 0.25) is 0 Å². The number of anilines is 1. The van der Waals surface area contributed by atoms with Gasteiger partial charge in [-0.2, -0.15) is 5.10 Å². The standard InChI is InChI=1S/C14H11BrN4O2/c15-11-2-1-3-12(8-11)18-13(20)14(21)19-17-9-10-4-6-16-7-5-10/h1-9H,(H,18,20)(H,19,21)/b17-9-. The largest absolute Gasteiger partial charge is 0.329 e. The highest BCUT2D eigenvalue weighted by molar-refractivity contribution is 9.10. The van der Waals surface area contributed by atoms with Crippen LogP contribution in [0, 0.1) is 0 Å². The van der Waals surface area contributed by atoms with Crippen LogP contribution in [0.1, 0.15) is 5.56 Å². The highest BCUT2D eigenvalue weighted by atomic mass is 79.9. The lowest BCUT2D eigenvalue weighted by Gasteiger charge is -2.04.